The fourth-order valence-corrected chi connectivity index (χ4v) is 2.02. The van der Waals surface area contributed by atoms with Crippen LogP contribution in [0.15, 0.2) is 36.5 Å². The van der Waals surface area contributed by atoms with Gasteiger partial charge in [0.1, 0.15) is 5.69 Å². The highest BCUT2D eigenvalue weighted by atomic mass is 35.5. The van der Waals surface area contributed by atoms with Gasteiger partial charge >= 0.3 is 0 Å². The number of nitrogen functional groups attached to an aromatic ring is 1. The van der Waals surface area contributed by atoms with Crippen LogP contribution in [0, 0.1) is 0 Å². The van der Waals surface area contributed by atoms with Crippen LogP contribution in [0.25, 0.3) is 0 Å². The average molecular weight is 338 g/mol. The van der Waals surface area contributed by atoms with Crippen LogP contribution in [-0.2, 0) is 0 Å². The zero-order chi connectivity index (χ0) is 16.1. The normalized spacial score (nSPS) is 11.1. The topological polar surface area (TPSA) is 86.5 Å². The van der Waals surface area contributed by atoms with Crippen molar-refractivity contribution in [1.82, 2.24) is 10.3 Å². The predicted molar refractivity (Wildman–Crippen MR) is 91.3 cm³/mol. The van der Waals surface area contributed by atoms with E-state index in [1.807, 2.05) is 19.1 Å². The number of carbonyl (C=O) groups excluding carboxylic acids is 1. The highest BCUT2D eigenvalue weighted by molar-refractivity contribution is 5.92. The maximum Gasteiger partial charge on any atom is 0.270 e. The Morgan fingerprint density at radius 1 is 1.17 bits per heavy atom. The van der Waals surface area contributed by atoms with E-state index in [1.54, 1.807) is 32.4 Å². The molecule has 1 heterocycles. The van der Waals surface area contributed by atoms with Crippen LogP contribution in [0.2, 0.25) is 0 Å². The lowest BCUT2D eigenvalue weighted by Gasteiger charge is -2.16. The SMILES string of the molecule is COc1ccc(C(C)NC(=O)c2ccc(N)cn2)cc1OC.Cl. The van der Waals surface area contributed by atoms with Gasteiger partial charge in [0.05, 0.1) is 32.1 Å². The summed E-state index contributed by atoms with van der Waals surface area (Å²) in [5.41, 5.74) is 7.30. The molecule has 2 aromatic rings. The summed E-state index contributed by atoms with van der Waals surface area (Å²) in [6.45, 7) is 1.89. The number of hydrogen-bond acceptors (Lipinski definition) is 5. The Bertz CT molecular complexity index is 662. The summed E-state index contributed by atoms with van der Waals surface area (Å²) in [5.74, 6) is 0.999. The Hall–Kier alpha value is -2.47. The molecule has 0 aliphatic rings. The molecular formula is C16H20ClN3O3. The number of nitrogens with one attached hydrogen (secondary N) is 1. The molecule has 0 bridgehead atoms. The summed E-state index contributed by atoms with van der Waals surface area (Å²) >= 11 is 0. The molecule has 0 saturated carbocycles. The van der Waals surface area contributed by atoms with E-state index in [1.165, 1.54) is 6.20 Å². The summed E-state index contributed by atoms with van der Waals surface area (Å²) in [6, 6.07) is 8.54. The van der Waals surface area contributed by atoms with E-state index < -0.39 is 0 Å². The van der Waals surface area contributed by atoms with E-state index in [0.717, 1.165) is 5.56 Å². The molecule has 1 amide bonds. The highest BCUT2D eigenvalue weighted by Crippen LogP contribution is 2.29. The number of methoxy groups -OCH3 is 2. The van der Waals surface area contributed by atoms with Crippen molar-refractivity contribution in [3.8, 4) is 11.5 Å². The first-order valence-electron chi connectivity index (χ1n) is 6.79. The van der Waals surface area contributed by atoms with Gasteiger partial charge in [-0.2, -0.15) is 0 Å². The van der Waals surface area contributed by atoms with Crippen LogP contribution < -0.4 is 20.5 Å². The number of nitrogens with two attached hydrogens (primary N) is 1. The maximum atomic E-state index is 12.1. The van der Waals surface area contributed by atoms with Gasteiger partial charge in [-0.15, -0.1) is 12.4 Å². The first-order valence-corrected chi connectivity index (χ1v) is 6.79. The molecule has 2 rings (SSSR count). The van der Waals surface area contributed by atoms with Gasteiger partial charge in [-0.3, -0.25) is 4.79 Å². The molecule has 0 fully saturated rings. The molecule has 7 heteroatoms. The second kappa shape index (κ2) is 8.24. The number of benzene rings is 1. The predicted octanol–water partition coefficient (Wildman–Crippen LogP) is 2.59. The second-order valence-corrected chi connectivity index (χ2v) is 4.79. The molecule has 0 saturated heterocycles. The summed E-state index contributed by atoms with van der Waals surface area (Å²) in [5, 5.41) is 2.88. The minimum atomic E-state index is -0.262. The fraction of sp³-hybridized carbons (Fsp3) is 0.250. The van der Waals surface area contributed by atoms with Crippen LogP contribution >= 0.6 is 12.4 Å². The molecule has 0 aliphatic heterocycles. The number of nitrogens with zero attached hydrogens (tertiary/aromatic N) is 1. The zero-order valence-electron chi connectivity index (χ0n) is 13.2. The van der Waals surface area contributed by atoms with Gasteiger partial charge in [0.15, 0.2) is 11.5 Å². The van der Waals surface area contributed by atoms with E-state index in [2.05, 4.69) is 10.3 Å². The van der Waals surface area contributed by atoms with Crippen LogP contribution in [0.4, 0.5) is 5.69 Å². The Morgan fingerprint density at radius 3 is 2.43 bits per heavy atom. The van der Waals surface area contributed by atoms with Crippen molar-refractivity contribution in [2.45, 2.75) is 13.0 Å². The number of ether oxygens (including phenoxy) is 2. The van der Waals surface area contributed by atoms with E-state index >= 15 is 0 Å². The summed E-state index contributed by atoms with van der Waals surface area (Å²) in [6.07, 6.45) is 1.45. The molecule has 3 N–H and O–H groups in total. The number of pyridine rings is 1. The van der Waals surface area contributed by atoms with Crippen molar-refractivity contribution in [3.63, 3.8) is 0 Å². The largest absolute Gasteiger partial charge is 0.493 e. The Morgan fingerprint density at radius 2 is 1.87 bits per heavy atom. The lowest BCUT2D eigenvalue weighted by molar-refractivity contribution is 0.0935. The molecule has 1 aromatic carbocycles. The Balaban J connectivity index is 0.00000264. The quantitative estimate of drug-likeness (QED) is 0.875. The average Bonchev–Trinajstić information content (AvgIpc) is 2.54. The van der Waals surface area contributed by atoms with Crippen molar-refractivity contribution in [1.29, 1.82) is 0 Å². The number of hydrogen-bond donors (Lipinski definition) is 2. The van der Waals surface area contributed by atoms with Crippen LogP contribution in [-0.4, -0.2) is 25.1 Å². The first-order chi connectivity index (χ1) is 10.5. The Labute approximate surface area is 141 Å². The lowest BCUT2D eigenvalue weighted by atomic mass is 10.1. The highest BCUT2D eigenvalue weighted by Gasteiger charge is 2.14. The van der Waals surface area contributed by atoms with Crippen molar-refractivity contribution in [3.05, 3.63) is 47.8 Å². The van der Waals surface area contributed by atoms with Gasteiger partial charge in [-0.25, -0.2) is 4.98 Å². The maximum absolute atomic E-state index is 12.1. The molecule has 1 atom stereocenters. The van der Waals surface area contributed by atoms with Gasteiger partial charge < -0.3 is 20.5 Å². The van der Waals surface area contributed by atoms with E-state index in [-0.39, 0.29) is 24.4 Å². The van der Waals surface area contributed by atoms with Crippen LogP contribution in [0.1, 0.15) is 29.0 Å². The number of rotatable bonds is 5. The summed E-state index contributed by atoms with van der Waals surface area (Å²) in [4.78, 5) is 16.2. The van der Waals surface area contributed by atoms with Crippen molar-refractivity contribution in [2.75, 3.05) is 20.0 Å². The van der Waals surface area contributed by atoms with E-state index in [4.69, 9.17) is 15.2 Å². The van der Waals surface area contributed by atoms with Gasteiger partial charge in [0.25, 0.3) is 5.91 Å². The number of aromatic nitrogens is 1. The molecule has 0 spiro atoms. The number of halogens is 1. The number of carbonyl (C=O) groups is 1. The van der Waals surface area contributed by atoms with Crippen LogP contribution in [0.5, 0.6) is 11.5 Å². The van der Waals surface area contributed by atoms with Gasteiger partial charge in [-0.1, -0.05) is 6.07 Å². The molecule has 23 heavy (non-hydrogen) atoms. The van der Waals surface area contributed by atoms with Gasteiger partial charge in [0, 0.05) is 0 Å². The molecule has 0 radical (unpaired) electrons. The third-order valence-electron chi connectivity index (χ3n) is 3.27. The standard InChI is InChI=1S/C16H19N3O3.ClH/c1-10(11-4-7-14(21-2)15(8-11)22-3)19-16(20)13-6-5-12(17)9-18-13;/h4-10H,17H2,1-3H3,(H,19,20);1H. The third-order valence-corrected chi connectivity index (χ3v) is 3.27. The first kappa shape index (κ1) is 18.6. The smallest absolute Gasteiger partial charge is 0.270 e. The molecule has 124 valence electrons. The fourth-order valence-electron chi connectivity index (χ4n) is 2.02. The molecule has 1 unspecified atom stereocenters. The Kier molecular flexibility index (Phi) is 6.65. The zero-order valence-corrected chi connectivity index (χ0v) is 14.0. The third kappa shape index (κ3) is 4.50. The van der Waals surface area contributed by atoms with E-state index in [9.17, 15) is 4.79 Å². The second-order valence-electron chi connectivity index (χ2n) is 4.79. The number of amides is 1. The molecule has 6 nitrogen and oxygen atoms in total. The minimum absolute atomic E-state index is 0. The van der Waals surface area contributed by atoms with Gasteiger partial charge in [0.2, 0.25) is 0 Å². The monoisotopic (exact) mass is 337 g/mol. The van der Waals surface area contributed by atoms with Crippen molar-refractivity contribution in [2.24, 2.45) is 0 Å². The summed E-state index contributed by atoms with van der Waals surface area (Å²) in [7, 11) is 3.15. The van der Waals surface area contributed by atoms with Crippen LogP contribution in [0.3, 0.4) is 0 Å². The van der Waals surface area contributed by atoms with E-state index in [0.29, 0.717) is 22.9 Å². The van der Waals surface area contributed by atoms with Crippen molar-refractivity contribution >= 4 is 24.0 Å². The molecular weight excluding hydrogens is 318 g/mol. The molecule has 1 aromatic heterocycles. The van der Waals surface area contributed by atoms with Gasteiger partial charge in [-0.05, 0) is 36.8 Å². The molecule has 0 aliphatic carbocycles. The lowest BCUT2D eigenvalue weighted by Crippen LogP contribution is -2.27. The number of anilines is 1. The van der Waals surface area contributed by atoms with Crippen molar-refractivity contribution < 1.29 is 14.3 Å². The minimum Gasteiger partial charge on any atom is -0.493 e. The summed E-state index contributed by atoms with van der Waals surface area (Å²) < 4.78 is 10.5.